The molecule has 0 aliphatic heterocycles. The van der Waals surface area contributed by atoms with Gasteiger partial charge in [-0.05, 0) is 32.2 Å². The van der Waals surface area contributed by atoms with Gasteiger partial charge in [0.2, 0.25) is 0 Å². The Balaban J connectivity index is 4.21. The number of allylic oxidation sites excluding steroid dienone is 2. The Morgan fingerprint density at radius 2 is 2.23 bits per heavy atom. The molecule has 0 aliphatic rings. The van der Waals surface area contributed by atoms with Crippen molar-refractivity contribution in [1.29, 1.82) is 0 Å². The van der Waals surface area contributed by atoms with E-state index in [0.717, 1.165) is 12.8 Å². The normalized spacial score (nSPS) is 13.8. The van der Waals surface area contributed by atoms with Crippen molar-refractivity contribution in [1.82, 2.24) is 0 Å². The van der Waals surface area contributed by atoms with Crippen LogP contribution in [0.4, 0.5) is 0 Å². The Bertz CT molecular complexity index is 245. The average molecular weight is 179 g/mol. The Hall–Kier alpha value is -1.21. The van der Waals surface area contributed by atoms with Crippen LogP contribution in [0.15, 0.2) is 29.4 Å². The molecular formula is C10H17N3. The van der Waals surface area contributed by atoms with Crippen LogP contribution in [-0.4, -0.2) is 5.54 Å². The van der Waals surface area contributed by atoms with E-state index in [1.54, 1.807) is 6.08 Å². The van der Waals surface area contributed by atoms with Gasteiger partial charge in [0.05, 0.1) is 5.54 Å². The first-order valence-corrected chi connectivity index (χ1v) is 4.37. The summed E-state index contributed by atoms with van der Waals surface area (Å²) in [5.74, 6) is 0. The van der Waals surface area contributed by atoms with Gasteiger partial charge in [-0.15, -0.1) is 6.58 Å². The SMILES string of the molecule is C=CC(C)(CCC=C(C)C)N=[N+]=[N-]. The molecule has 3 heteroatoms. The fraction of sp³-hybridized carbons (Fsp3) is 0.600. The molecule has 0 fully saturated rings. The summed E-state index contributed by atoms with van der Waals surface area (Å²) in [6, 6.07) is 0. The zero-order valence-electron chi connectivity index (χ0n) is 8.62. The van der Waals surface area contributed by atoms with Crippen LogP contribution in [0.3, 0.4) is 0 Å². The third-order valence-corrected chi connectivity index (χ3v) is 1.92. The van der Waals surface area contributed by atoms with E-state index in [1.807, 2.05) is 6.92 Å². The maximum Gasteiger partial charge on any atom is 0.0640 e. The molecule has 72 valence electrons. The quantitative estimate of drug-likeness (QED) is 0.265. The lowest BCUT2D eigenvalue weighted by molar-refractivity contribution is 0.537. The summed E-state index contributed by atoms with van der Waals surface area (Å²) in [5, 5.41) is 3.70. The standard InChI is InChI=1S/C10H17N3/c1-5-10(4,12-13-11)8-6-7-9(2)3/h5,7H,1,6,8H2,2-4H3. The molecule has 0 saturated carbocycles. The van der Waals surface area contributed by atoms with E-state index in [4.69, 9.17) is 5.53 Å². The maximum atomic E-state index is 8.34. The van der Waals surface area contributed by atoms with Gasteiger partial charge in [0.15, 0.2) is 0 Å². The highest BCUT2D eigenvalue weighted by Crippen LogP contribution is 2.19. The van der Waals surface area contributed by atoms with Crippen molar-refractivity contribution in [2.75, 3.05) is 0 Å². The van der Waals surface area contributed by atoms with E-state index >= 15 is 0 Å². The third kappa shape index (κ3) is 5.10. The van der Waals surface area contributed by atoms with Gasteiger partial charge >= 0.3 is 0 Å². The summed E-state index contributed by atoms with van der Waals surface area (Å²) >= 11 is 0. The Labute approximate surface area is 79.8 Å². The zero-order chi connectivity index (χ0) is 10.3. The number of azide groups is 1. The second-order valence-corrected chi connectivity index (χ2v) is 3.57. The van der Waals surface area contributed by atoms with Crippen LogP contribution in [0.1, 0.15) is 33.6 Å². The van der Waals surface area contributed by atoms with Crippen molar-refractivity contribution >= 4 is 0 Å². The molecule has 0 bridgehead atoms. The molecule has 0 saturated heterocycles. The van der Waals surface area contributed by atoms with Crippen LogP contribution in [0.25, 0.3) is 10.4 Å². The van der Waals surface area contributed by atoms with Crippen LogP contribution in [0, 0.1) is 0 Å². The fourth-order valence-electron chi connectivity index (χ4n) is 0.948. The first kappa shape index (κ1) is 11.8. The Morgan fingerprint density at radius 3 is 2.62 bits per heavy atom. The molecule has 13 heavy (non-hydrogen) atoms. The summed E-state index contributed by atoms with van der Waals surface area (Å²) in [4.78, 5) is 2.81. The van der Waals surface area contributed by atoms with E-state index in [1.165, 1.54) is 5.57 Å². The smallest absolute Gasteiger partial charge is 0.0640 e. The molecule has 0 radical (unpaired) electrons. The van der Waals surface area contributed by atoms with Gasteiger partial charge in [0.25, 0.3) is 0 Å². The van der Waals surface area contributed by atoms with Crippen LogP contribution in [0.2, 0.25) is 0 Å². The highest BCUT2D eigenvalue weighted by Gasteiger charge is 2.16. The molecule has 0 aliphatic carbocycles. The minimum absolute atomic E-state index is 0.444. The van der Waals surface area contributed by atoms with Crippen LogP contribution in [0.5, 0.6) is 0 Å². The van der Waals surface area contributed by atoms with E-state index in [9.17, 15) is 0 Å². The highest BCUT2D eigenvalue weighted by atomic mass is 15.2. The van der Waals surface area contributed by atoms with E-state index in [0.29, 0.717) is 0 Å². The first-order valence-electron chi connectivity index (χ1n) is 4.37. The van der Waals surface area contributed by atoms with Crippen LogP contribution < -0.4 is 0 Å². The van der Waals surface area contributed by atoms with E-state index in [-0.39, 0.29) is 0 Å². The third-order valence-electron chi connectivity index (χ3n) is 1.92. The predicted molar refractivity (Wildman–Crippen MR) is 56.4 cm³/mol. The van der Waals surface area contributed by atoms with Crippen molar-refractivity contribution < 1.29 is 0 Å². The second-order valence-electron chi connectivity index (χ2n) is 3.57. The number of hydrogen-bond donors (Lipinski definition) is 0. The van der Waals surface area contributed by atoms with Crippen LogP contribution >= 0.6 is 0 Å². The second kappa shape index (κ2) is 5.44. The van der Waals surface area contributed by atoms with Gasteiger partial charge in [-0.2, -0.15) is 0 Å². The number of nitrogens with zero attached hydrogens (tertiary/aromatic N) is 3. The number of rotatable bonds is 5. The van der Waals surface area contributed by atoms with Gasteiger partial charge < -0.3 is 0 Å². The molecule has 1 unspecified atom stereocenters. The van der Waals surface area contributed by atoms with Gasteiger partial charge in [-0.1, -0.05) is 29.8 Å². The summed E-state index contributed by atoms with van der Waals surface area (Å²) in [5.41, 5.74) is 9.18. The van der Waals surface area contributed by atoms with Crippen molar-refractivity contribution in [3.05, 3.63) is 34.7 Å². The lowest BCUT2D eigenvalue weighted by Crippen LogP contribution is -2.16. The lowest BCUT2D eigenvalue weighted by atomic mass is 9.97. The van der Waals surface area contributed by atoms with Crippen molar-refractivity contribution in [3.63, 3.8) is 0 Å². The minimum atomic E-state index is -0.444. The van der Waals surface area contributed by atoms with Gasteiger partial charge in [-0.3, -0.25) is 0 Å². The average Bonchev–Trinajstić information content (AvgIpc) is 2.04. The summed E-state index contributed by atoms with van der Waals surface area (Å²) in [6.07, 6.45) is 5.57. The van der Waals surface area contributed by atoms with Crippen molar-refractivity contribution in [2.24, 2.45) is 5.11 Å². The minimum Gasteiger partial charge on any atom is -0.102 e. The highest BCUT2D eigenvalue weighted by molar-refractivity contribution is 5.02. The molecule has 0 spiro atoms. The molecule has 3 nitrogen and oxygen atoms in total. The molecular weight excluding hydrogens is 162 g/mol. The van der Waals surface area contributed by atoms with Gasteiger partial charge in [0.1, 0.15) is 0 Å². The molecule has 1 atom stereocenters. The summed E-state index contributed by atoms with van der Waals surface area (Å²) < 4.78 is 0. The van der Waals surface area contributed by atoms with E-state index < -0.39 is 5.54 Å². The van der Waals surface area contributed by atoms with Gasteiger partial charge in [-0.25, -0.2) is 0 Å². The zero-order valence-corrected chi connectivity index (χ0v) is 8.62. The predicted octanol–water partition coefficient (Wildman–Crippen LogP) is 3.99. The summed E-state index contributed by atoms with van der Waals surface area (Å²) in [7, 11) is 0. The molecule has 0 rings (SSSR count). The van der Waals surface area contributed by atoms with E-state index in [2.05, 4.69) is 36.5 Å². The largest absolute Gasteiger partial charge is 0.102 e. The van der Waals surface area contributed by atoms with Crippen LogP contribution in [-0.2, 0) is 0 Å². The number of hydrogen-bond acceptors (Lipinski definition) is 1. The van der Waals surface area contributed by atoms with Crippen molar-refractivity contribution in [3.8, 4) is 0 Å². The van der Waals surface area contributed by atoms with Gasteiger partial charge in [0, 0.05) is 4.91 Å². The molecule has 0 aromatic carbocycles. The molecule has 0 aromatic rings. The monoisotopic (exact) mass is 179 g/mol. The molecule has 0 heterocycles. The topological polar surface area (TPSA) is 48.8 Å². The first-order chi connectivity index (χ1) is 6.04. The fourth-order valence-corrected chi connectivity index (χ4v) is 0.948. The summed E-state index contributed by atoms with van der Waals surface area (Å²) in [6.45, 7) is 9.66. The molecule has 0 amide bonds. The molecule has 0 aromatic heterocycles. The Morgan fingerprint density at radius 1 is 1.62 bits per heavy atom. The lowest BCUT2D eigenvalue weighted by Gasteiger charge is -2.17. The molecule has 0 N–H and O–H groups in total. The maximum absolute atomic E-state index is 8.34. The van der Waals surface area contributed by atoms with Crippen molar-refractivity contribution in [2.45, 2.75) is 39.2 Å². The Kier molecular flexibility index (Phi) is 4.93.